The Labute approximate surface area is 113 Å². The minimum Gasteiger partial charge on any atom is -0.384 e. The quantitative estimate of drug-likeness (QED) is 0.799. The van der Waals surface area contributed by atoms with E-state index in [0.717, 1.165) is 15.5 Å². The third-order valence-electron chi connectivity index (χ3n) is 2.94. The largest absolute Gasteiger partial charge is 0.384 e. The summed E-state index contributed by atoms with van der Waals surface area (Å²) in [5.41, 5.74) is 0.0843. The maximum Gasteiger partial charge on any atom is 0.193 e. The van der Waals surface area contributed by atoms with Crippen molar-refractivity contribution in [3.63, 3.8) is 0 Å². The van der Waals surface area contributed by atoms with Crippen LogP contribution in [0.25, 0.3) is 4.96 Å². The fraction of sp³-hybridized carbons (Fsp3) is 0.308. The zero-order valence-corrected chi connectivity index (χ0v) is 11.9. The number of hydrogen-bond acceptors (Lipinski definition) is 4. The molecule has 0 aliphatic heterocycles. The Kier molecular flexibility index (Phi) is 2.77. The van der Waals surface area contributed by atoms with Gasteiger partial charge in [0.1, 0.15) is 5.60 Å². The first-order valence-corrected chi connectivity index (χ1v) is 7.44. The fourth-order valence-electron chi connectivity index (χ4n) is 2.03. The Morgan fingerprint density at radius 2 is 2.28 bits per heavy atom. The molecule has 1 unspecified atom stereocenters. The van der Waals surface area contributed by atoms with E-state index in [9.17, 15) is 5.11 Å². The molecule has 0 aromatic carbocycles. The van der Waals surface area contributed by atoms with Crippen molar-refractivity contribution < 1.29 is 5.11 Å². The number of nitrogens with zero attached hydrogens (tertiary/aromatic N) is 2. The van der Waals surface area contributed by atoms with Crippen molar-refractivity contribution in [1.29, 1.82) is 0 Å². The first-order valence-electron chi connectivity index (χ1n) is 5.75. The summed E-state index contributed by atoms with van der Waals surface area (Å²) in [4.78, 5) is 7.71. The molecule has 0 saturated heterocycles. The summed E-state index contributed by atoms with van der Waals surface area (Å²) in [6.07, 6.45) is 4.52. The second-order valence-electron chi connectivity index (χ2n) is 4.69. The molecule has 3 nitrogen and oxygen atoms in total. The average molecular weight is 278 g/mol. The van der Waals surface area contributed by atoms with E-state index in [2.05, 4.69) is 11.9 Å². The number of aromatic nitrogens is 2. The smallest absolute Gasteiger partial charge is 0.193 e. The van der Waals surface area contributed by atoms with Crippen molar-refractivity contribution in [2.75, 3.05) is 0 Å². The van der Waals surface area contributed by atoms with Gasteiger partial charge in [-0.25, -0.2) is 4.98 Å². The molecule has 0 saturated carbocycles. The van der Waals surface area contributed by atoms with E-state index in [0.29, 0.717) is 6.42 Å². The van der Waals surface area contributed by atoms with E-state index >= 15 is 0 Å². The van der Waals surface area contributed by atoms with Gasteiger partial charge in [-0.15, -0.1) is 22.7 Å². The molecule has 5 heteroatoms. The molecular weight excluding hydrogens is 264 g/mol. The number of aliphatic hydroxyl groups is 1. The topological polar surface area (TPSA) is 37.5 Å². The number of hydrogen-bond donors (Lipinski definition) is 1. The highest BCUT2D eigenvalue weighted by atomic mass is 32.1. The first kappa shape index (κ1) is 11.9. The Bertz CT molecular complexity index is 649. The normalized spacial score (nSPS) is 15.1. The van der Waals surface area contributed by atoms with E-state index in [-0.39, 0.29) is 0 Å². The van der Waals surface area contributed by atoms with E-state index in [1.807, 2.05) is 41.2 Å². The van der Waals surface area contributed by atoms with Gasteiger partial charge >= 0.3 is 0 Å². The van der Waals surface area contributed by atoms with Crippen LogP contribution in [0.3, 0.4) is 0 Å². The van der Waals surface area contributed by atoms with Crippen molar-refractivity contribution in [3.8, 4) is 0 Å². The summed E-state index contributed by atoms with van der Waals surface area (Å²) in [6, 6.07) is 4.04. The highest BCUT2D eigenvalue weighted by Gasteiger charge is 2.26. The van der Waals surface area contributed by atoms with Crippen LogP contribution in [0, 0.1) is 6.92 Å². The summed E-state index contributed by atoms with van der Waals surface area (Å²) >= 11 is 3.25. The van der Waals surface area contributed by atoms with Gasteiger partial charge in [0, 0.05) is 33.9 Å². The van der Waals surface area contributed by atoms with Gasteiger partial charge in [0.2, 0.25) is 0 Å². The highest BCUT2D eigenvalue weighted by Crippen LogP contribution is 2.31. The lowest BCUT2D eigenvalue weighted by molar-refractivity contribution is 0.0606. The van der Waals surface area contributed by atoms with Crippen LogP contribution in [0.4, 0.5) is 0 Å². The number of aryl methyl sites for hydroxylation is 1. The minimum absolute atomic E-state index is 0.543. The van der Waals surface area contributed by atoms with Crippen LogP contribution in [0.2, 0.25) is 0 Å². The molecule has 0 aliphatic rings. The molecular formula is C13H14N2OS2. The molecule has 0 fully saturated rings. The summed E-state index contributed by atoms with van der Waals surface area (Å²) in [7, 11) is 0. The van der Waals surface area contributed by atoms with Crippen molar-refractivity contribution in [1.82, 2.24) is 9.38 Å². The maximum absolute atomic E-state index is 10.6. The van der Waals surface area contributed by atoms with Crippen molar-refractivity contribution in [3.05, 3.63) is 45.4 Å². The van der Waals surface area contributed by atoms with Crippen LogP contribution in [-0.4, -0.2) is 14.5 Å². The van der Waals surface area contributed by atoms with Crippen LogP contribution in [0.15, 0.2) is 29.9 Å². The Hall–Kier alpha value is -1.17. The second-order valence-corrected chi connectivity index (χ2v) is 6.85. The Balaban J connectivity index is 1.89. The zero-order valence-electron chi connectivity index (χ0n) is 10.3. The third-order valence-corrected chi connectivity index (χ3v) is 4.96. The number of thiazole rings is 1. The number of rotatable bonds is 3. The van der Waals surface area contributed by atoms with Crippen molar-refractivity contribution in [2.24, 2.45) is 0 Å². The molecule has 3 rings (SSSR count). The molecule has 0 spiro atoms. The molecule has 1 atom stereocenters. The number of fused-ring (bicyclic) bond motifs is 1. The first-order chi connectivity index (χ1) is 8.54. The van der Waals surface area contributed by atoms with Crippen LogP contribution in [0.5, 0.6) is 0 Å². The van der Waals surface area contributed by atoms with Gasteiger partial charge in [-0.1, -0.05) is 0 Å². The van der Waals surface area contributed by atoms with Crippen LogP contribution in [0.1, 0.15) is 22.4 Å². The lowest BCUT2D eigenvalue weighted by Crippen LogP contribution is -2.23. The predicted molar refractivity (Wildman–Crippen MR) is 75.4 cm³/mol. The van der Waals surface area contributed by atoms with Gasteiger partial charge in [-0.2, -0.15) is 0 Å². The SMILES string of the molecule is Cc1ccc(C(C)(O)Cc2cn3ccsc3n2)s1. The molecule has 0 radical (unpaired) electrons. The van der Waals surface area contributed by atoms with Gasteiger partial charge in [0.15, 0.2) is 4.96 Å². The lowest BCUT2D eigenvalue weighted by atomic mass is 9.99. The molecule has 0 amide bonds. The van der Waals surface area contributed by atoms with Crippen LogP contribution >= 0.6 is 22.7 Å². The summed E-state index contributed by atoms with van der Waals surface area (Å²) in [6.45, 7) is 3.91. The monoisotopic (exact) mass is 278 g/mol. The van der Waals surface area contributed by atoms with E-state index in [1.165, 1.54) is 4.88 Å². The van der Waals surface area contributed by atoms with Crippen molar-refractivity contribution >= 4 is 27.6 Å². The van der Waals surface area contributed by atoms with Crippen LogP contribution < -0.4 is 0 Å². The molecule has 3 aromatic rings. The molecule has 94 valence electrons. The van der Waals surface area contributed by atoms with Gasteiger partial charge in [0.25, 0.3) is 0 Å². The van der Waals surface area contributed by atoms with E-state index in [4.69, 9.17) is 0 Å². The Morgan fingerprint density at radius 3 is 2.94 bits per heavy atom. The van der Waals surface area contributed by atoms with E-state index in [1.54, 1.807) is 22.7 Å². The average Bonchev–Trinajstić information content (AvgIpc) is 2.92. The number of imidazole rings is 1. The standard InChI is InChI=1S/C13H14N2OS2/c1-9-3-4-11(18-9)13(2,16)7-10-8-15-5-6-17-12(15)14-10/h3-6,8,16H,7H2,1-2H3. The van der Waals surface area contributed by atoms with Gasteiger partial charge in [0.05, 0.1) is 5.69 Å². The maximum atomic E-state index is 10.6. The fourth-order valence-corrected chi connectivity index (χ4v) is 3.66. The second kappa shape index (κ2) is 4.19. The van der Waals surface area contributed by atoms with Gasteiger partial charge in [-0.3, -0.25) is 4.40 Å². The zero-order chi connectivity index (χ0) is 12.8. The van der Waals surface area contributed by atoms with Gasteiger partial charge < -0.3 is 5.11 Å². The molecule has 3 aromatic heterocycles. The highest BCUT2D eigenvalue weighted by molar-refractivity contribution is 7.15. The lowest BCUT2D eigenvalue weighted by Gasteiger charge is -2.20. The van der Waals surface area contributed by atoms with E-state index < -0.39 is 5.60 Å². The predicted octanol–water partition coefficient (Wildman–Crippen LogP) is 3.22. The minimum atomic E-state index is -0.844. The third kappa shape index (κ3) is 2.09. The molecule has 0 bridgehead atoms. The summed E-state index contributed by atoms with van der Waals surface area (Å²) in [5.74, 6) is 0. The molecule has 18 heavy (non-hydrogen) atoms. The summed E-state index contributed by atoms with van der Waals surface area (Å²) < 4.78 is 2.00. The molecule has 0 aliphatic carbocycles. The molecule has 1 N–H and O–H groups in total. The summed E-state index contributed by atoms with van der Waals surface area (Å²) in [5, 5.41) is 12.6. The van der Waals surface area contributed by atoms with Gasteiger partial charge in [-0.05, 0) is 26.0 Å². The molecule has 3 heterocycles. The number of thiophene rings is 1. The Morgan fingerprint density at radius 1 is 1.44 bits per heavy atom. The van der Waals surface area contributed by atoms with Crippen LogP contribution in [-0.2, 0) is 12.0 Å². The van der Waals surface area contributed by atoms with Crippen molar-refractivity contribution in [2.45, 2.75) is 25.9 Å².